The Hall–Kier alpha value is -4.77. The van der Waals surface area contributed by atoms with Crippen LogP contribution < -0.4 is 30.3 Å². The van der Waals surface area contributed by atoms with Crippen molar-refractivity contribution >= 4 is 29.0 Å². The number of carbonyl (C=O) groups excluding carboxylic acids is 2. The Morgan fingerprint density at radius 1 is 1.10 bits per heavy atom. The van der Waals surface area contributed by atoms with Gasteiger partial charge in [0.05, 0.1) is 38.7 Å². The lowest BCUT2D eigenvalue weighted by atomic mass is 9.95. The van der Waals surface area contributed by atoms with Crippen LogP contribution in [0.15, 0.2) is 71.0 Å². The molecule has 0 unspecified atom stereocenters. The zero-order chi connectivity index (χ0) is 28.6. The Morgan fingerprint density at radius 2 is 1.88 bits per heavy atom. The average Bonchev–Trinajstić information content (AvgIpc) is 2.96. The van der Waals surface area contributed by atoms with E-state index >= 15 is 0 Å². The number of amides is 2. The van der Waals surface area contributed by atoms with E-state index < -0.39 is 24.3 Å². The molecule has 0 fully saturated rings. The van der Waals surface area contributed by atoms with E-state index in [9.17, 15) is 14.7 Å². The fourth-order valence-corrected chi connectivity index (χ4v) is 4.40. The summed E-state index contributed by atoms with van der Waals surface area (Å²) in [6, 6.07) is 15.5. The molecule has 3 aromatic carbocycles. The van der Waals surface area contributed by atoms with Gasteiger partial charge in [-0.15, -0.1) is 0 Å². The molecule has 1 heterocycles. The van der Waals surface area contributed by atoms with Crippen LogP contribution in [0, 0.1) is 0 Å². The minimum atomic E-state index is -1.13. The molecule has 1 aliphatic rings. The molecule has 0 bridgehead atoms. The number of aliphatic hydroxyl groups is 1. The number of hydrogen-bond acceptors (Lipinski definition) is 9. The summed E-state index contributed by atoms with van der Waals surface area (Å²) >= 11 is 0. The standard InChI is InChI=1S/C29H32N4O7/c1-5-39-24-14-19(27-26(28(35)38-4)17(2)31-29(36)32-27)11-13-23(24)40-16-25(34)33-30-15-21-20-9-7-6-8-18(20)10-12-22(21)37-3/h6-15,25,27,33-34H,5,16H2,1-4H3,(H2,31,32,36)/b30-15+/t25-,27+/m0/s1. The van der Waals surface area contributed by atoms with E-state index in [1.165, 1.54) is 7.11 Å². The van der Waals surface area contributed by atoms with Crippen LogP contribution in [-0.4, -0.2) is 57.0 Å². The van der Waals surface area contributed by atoms with Gasteiger partial charge in [0.15, 0.2) is 17.7 Å². The van der Waals surface area contributed by atoms with Gasteiger partial charge in [0.25, 0.3) is 0 Å². The monoisotopic (exact) mass is 548 g/mol. The highest BCUT2D eigenvalue weighted by Gasteiger charge is 2.32. The third-order valence-corrected chi connectivity index (χ3v) is 6.24. The van der Waals surface area contributed by atoms with Crippen molar-refractivity contribution < 1.29 is 33.6 Å². The maximum absolute atomic E-state index is 12.4. The van der Waals surface area contributed by atoms with E-state index in [1.54, 1.807) is 38.4 Å². The van der Waals surface area contributed by atoms with Gasteiger partial charge >= 0.3 is 12.0 Å². The van der Waals surface area contributed by atoms with Crippen molar-refractivity contribution in [2.75, 3.05) is 27.4 Å². The highest BCUT2D eigenvalue weighted by molar-refractivity contribution is 6.02. The summed E-state index contributed by atoms with van der Waals surface area (Å²) in [5.74, 6) is 0.837. The molecule has 2 amide bonds. The summed E-state index contributed by atoms with van der Waals surface area (Å²) in [7, 11) is 2.87. The SMILES string of the molecule is CCOc1cc([C@H]2NC(=O)NC(C)=C2C(=O)OC)ccc1OC[C@H](O)N/N=C/c1c(OC)ccc2ccccc12. The van der Waals surface area contributed by atoms with E-state index in [0.717, 1.165) is 16.3 Å². The van der Waals surface area contributed by atoms with Crippen LogP contribution in [-0.2, 0) is 9.53 Å². The van der Waals surface area contributed by atoms with Gasteiger partial charge in [0.1, 0.15) is 12.4 Å². The number of nitrogens with one attached hydrogen (secondary N) is 3. The average molecular weight is 549 g/mol. The van der Waals surface area contributed by atoms with Crippen LogP contribution in [0.4, 0.5) is 4.79 Å². The van der Waals surface area contributed by atoms with Gasteiger partial charge in [-0.05, 0) is 48.4 Å². The molecule has 0 aromatic heterocycles. The van der Waals surface area contributed by atoms with Crippen LogP contribution in [0.2, 0.25) is 0 Å². The van der Waals surface area contributed by atoms with Gasteiger partial charge in [0, 0.05) is 11.3 Å². The van der Waals surface area contributed by atoms with Crippen molar-refractivity contribution in [2.24, 2.45) is 5.10 Å². The fraction of sp³-hybridized carbons (Fsp3) is 0.276. The van der Waals surface area contributed by atoms with E-state index in [-0.39, 0.29) is 12.2 Å². The number of hydrazone groups is 1. The maximum Gasteiger partial charge on any atom is 0.337 e. The van der Waals surface area contributed by atoms with Crippen molar-refractivity contribution in [3.05, 3.63) is 77.0 Å². The number of rotatable bonds is 11. The summed E-state index contributed by atoms with van der Waals surface area (Å²) < 4.78 is 21.9. The Labute approximate surface area is 231 Å². The van der Waals surface area contributed by atoms with Crippen LogP contribution >= 0.6 is 0 Å². The van der Waals surface area contributed by atoms with Gasteiger partial charge in [-0.1, -0.05) is 36.4 Å². The first kappa shape index (κ1) is 28.2. The van der Waals surface area contributed by atoms with Crippen LogP contribution in [0.3, 0.4) is 0 Å². The number of ether oxygens (including phenoxy) is 4. The molecule has 0 aliphatic carbocycles. The highest BCUT2D eigenvalue weighted by Crippen LogP contribution is 2.35. The lowest BCUT2D eigenvalue weighted by Crippen LogP contribution is -2.45. The predicted molar refractivity (Wildman–Crippen MR) is 149 cm³/mol. The zero-order valence-electron chi connectivity index (χ0n) is 22.7. The number of esters is 1. The topological polar surface area (TPSA) is 140 Å². The number of aliphatic hydroxyl groups excluding tert-OH is 1. The molecule has 40 heavy (non-hydrogen) atoms. The van der Waals surface area contributed by atoms with Crippen molar-refractivity contribution in [2.45, 2.75) is 26.1 Å². The van der Waals surface area contributed by atoms with Crippen molar-refractivity contribution in [3.8, 4) is 17.2 Å². The van der Waals surface area contributed by atoms with Gasteiger partial charge in [-0.3, -0.25) is 5.43 Å². The van der Waals surface area contributed by atoms with E-state index in [4.69, 9.17) is 18.9 Å². The lowest BCUT2D eigenvalue weighted by Gasteiger charge is -2.28. The number of allylic oxidation sites excluding steroid dienone is 1. The number of methoxy groups -OCH3 is 2. The summed E-state index contributed by atoms with van der Waals surface area (Å²) in [5.41, 5.74) is 4.70. The predicted octanol–water partition coefficient (Wildman–Crippen LogP) is 3.37. The second kappa shape index (κ2) is 12.9. The molecule has 0 saturated carbocycles. The molecular weight excluding hydrogens is 516 g/mol. The number of benzene rings is 3. The number of nitrogens with zero attached hydrogens (tertiary/aromatic N) is 1. The third-order valence-electron chi connectivity index (χ3n) is 6.24. The van der Waals surface area contributed by atoms with Crippen molar-refractivity contribution in [1.29, 1.82) is 0 Å². The second-order valence-corrected chi connectivity index (χ2v) is 8.82. The Bertz CT molecular complexity index is 1450. The van der Waals surface area contributed by atoms with Gasteiger partial charge in [-0.2, -0.15) is 5.10 Å². The molecule has 210 valence electrons. The van der Waals surface area contributed by atoms with E-state index in [1.807, 2.05) is 43.3 Å². The molecule has 11 heteroatoms. The van der Waals surface area contributed by atoms with Crippen LogP contribution in [0.1, 0.15) is 31.0 Å². The quantitative estimate of drug-likeness (QED) is 0.124. The normalized spacial score (nSPS) is 15.8. The number of carbonyl (C=O) groups is 2. The van der Waals surface area contributed by atoms with E-state index in [0.29, 0.717) is 35.1 Å². The number of hydrogen-bond donors (Lipinski definition) is 4. The minimum absolute atomic E-state index is 0.139. The molecule has 1 aliphatic heterocycles. The van der Waals surface area contributed by atoms with Crippen LogP contribution in [0.25, 0.3) is 10.8 Å². The first-order valence-electron chi connectivity index (χ1n) is 12.6. The molecule has 4 N–H and O–H groups in total. The van der Waals surface area contributed by atoms with E-state index in [2.05, 4.69) is 21.2 Å². The highest BCUT2D eigenvalue weighted by atomic mass is 16.5. The molecule has 2 atom stereocenters. The Kier molecular flexibility index (Phi) is 9.07. The number of fused-ring (bicyclic) bond motifs is 1. The summed E-state index contributed by atoms with van der Waals surface area (Å²) in [6.45, 7) is 3.65. The lowest BCUT2D eigenvalue weighted by molar-refractivity contribution is -0.136. The van der Waals surface area contributed by atoms with Crippen LogP contribution in [0.5, 0.6) is 17.2 Å². The second-order valence-electron chi connectivity index (χ2n) is 8.82. The maximum atomic E-state index is 12.4. The third kappa shape index (κ3) is 6.26. The van der Waals surface area contributed by atoms with Gasteiger partial charge in [-0.25, -0.2) is 9.59 Å². The van der Waals surface area contributed by atoms with Crippen molar-refractivity contribution in [1.82, 2.24) is 16.1 Å². The summed E-state index contributed by atoms with van der Waals surface area (Å²) in [6.07, 6.45) is 0.457. The summed E-state index contributed by atoms with van der Waals surface area (Å²) in [5, 5.41) is 22.0. The first-order valence-corrected chi connectivity index (χ1v) is 12.6. The number of urea groups is 1. The fourth-order valence-electron chi connectivity index (χ4n) is 4.40. The largest absolute Gasteiger partial charge is 0.496 e. The molecule has 11 nitrogen and oxygen atoms in total. The Morgan fingerprint density at radius 3 is 2.62 bits per heavy atom. The zero-order valence-corrected chi connectivity index (χ0v) is 22.7. The smallest absolute Gasteiger partial charge is 0.337 e. The molecule has 3 aromatic rings. The molecule has 0 saturated heterocycles. The molecule has 4 rings (SSSR count). The van der Waals surface area contributed by atoms with Crippen molar-refractivity contribution in [3.63, 3.8) is 0 Å². The minimum Gasteiger partial charge on any atom is -0.496 e. The summed E-state index contributed by atoms with van der Waals surface area (Å²) in [4.78, 5) is 24.5. The molecule has 0 radical (unpaired) electrons. The van der Waals surface area contributed by atoms with Gasteiger partial charge < -0.3 is 34.7 Å². The first-order chi connectivity index (χ1) is 19.4. The molecular formula is C29H32N4O7. The Balaban J connectivity index is 1.47. The van der Waals surface area contributed by atoms with Gasteiger partial charge in [0.2, 0.25) is 0 Å². The molecule has 0 spiro atoms.